The third kappa shape index (κ3) is 3.51. The Bertz CT molecular complexity index is 468. The predicted octanol–water partition coefficient (Wildman–Crippen LogP) is 2.31. The zero-order valence-electron chi connectivity index (χ0n) is 10.3. The lowest BCUT2D eigenvalue weighted by Crippen LogP contribution is -2.22. The molecular weight excluding hydrogens is 246 g/mol. The van der Waals surface area contributed by atoms with Gasteiger partial charge in [-0.05, 0) is 12.0 Å². The maximum Gasteiger partial charge on any atom is 0.205 e. The van der Waals surface area contributed by atoms with Gasteiger partial charge in [0.25, 0.3) is 0 Å². The first-order valence-electron chi connectivity index (χ1n) is 6.05. The van der Waals surface area contributed by atoms with E-state index in [0.29, 0.717) is 0 Å². The first-order chi connectivity index (χ1) is 8.81. The number of aliphatic hydroxyl groups is 1. The molecule has 2 rings (SSSR count). The lowest BCUT2D eigenvalue weighted by atomic mass is 10.2. The smallest absolute Gasteiger partial charge is 0.205 e. The molecule has 0 fully saturated rings. The number of nitrogens with one attached hydrogen (secondary N) is 1. The molecule has 0 aliphatic rings. The van der Waals surface area contributed by atoms with Gasteiger partial charge in [0.15, 0.2) is 0 Å². The molecule has 0 aliphatic heterocycles. The summed E-state index contributed by atoms with van der Waals surface area (Å²) >= 11 is 1.54. The maximum atomic E-state index is 9.12. The van der Waals surface area contributed by atoms with Crippen LogP contribution in [-0.4, -0.2) is 28.0 Å². The molecule has 0 spiro atoms. The van der Waals surface area contributed by atoms with E-state index in [-0.39, 0.29) is 12.6 Å². The first-order valence-corrected chi connectivity index (χ1v) is 6.87. The van der Waals surface area contributed by atoms with Crippen molar-refractivity contribution in [3.63, 3.8) is 0 Å². The maximum absolute atomic E-state index is 9.12. The number of rotatable bonds is 6. The second-order valence-electron chi connectivity index (χ2n) is 4.10. The number of aliphatic hydroxyl groups excluding tert-OH is 1. The number of nitrogens with zero attached hydrogens (tertiary/aromatic N) is 2. The van der Waals surface area contributed by atoms with Gasteiger partial charge in [0.1, 0.15) is 5.01 Å². The summed E-state index contributed by atoms with van der Waals surface area (Å²) in [6.07, 6.45) is 1.67. The summed E-state index contributed by atoms with van der Waals surface area (Å²) in [7, 11) is 0. The van der Waals surface area contributed by atoms with Gasteiger partial charge in [-0.15, -0.1) is 10.2 Å². The van der Waals surface area contributed by atoms with Crippen molar-refractivity contribution in [2.45, 2.75) is 25.8 Å². The van der Waals surface area contributed by atoms with Crippen LogP contribution in [0.5, 0.6) is 0 Å². The third-order valence-corrected chi connectivity index (χ3v) is 3.56. The van der Waals surface area contributed by atoms with Crippen molar-refractivity contribution in [2.75, 3.05) is 11.9 Å². The molecule has 0 aliphatic carbocycles. The van der Waals surface area contributed by atoms with Crippen molar-refractivity contribution in [3.05, 3.63) is 40.9 Å². The lowest BCUT2D eigenvalue weighted by Gasteiger charge is -2.11. The Labute approximate surface area is 111 Å². The van der Waals surface area contributed by atoms with Gasteiger partial charge in [0.05, 0.1) is 12.6 Å². The quantitative estimate of drug-likeness (QED) is 0.839. The second kappa shape index (κ2) is 6.47. The van der Waals surface area contributed by atoms with Crippen LogP contribution in [-0.2, 0) is 6.42 Å². The highest BCUT2D eigenvalue weighted by Crippen LogP contribution is 2.19. The van der Waals surface area contributed by atoms with E-state index in [0.717, 1.165) is 23.0 Å². The Morgan fingerprint density at radius 2 is 2.06 bits per heavy atom. The van der Waals surface area contributed by atoms with Gasteiger partial charge in [0, 0.05) is 6.42 Å². The minimum absolute atomic E-state index is 0.0579. The van der Waals surface area contributed by atoms with Gasteiger partial charge < -0.3 is 10.4 Å². The molecule has 1 aromatic heterocycles. The van der Waals surface area contributed by atoms with E-state index in [1.54, 1.807) is 11.3 Å². The summed E-state index contributed by atoms with van der Waals surface area (Å²) in [6, 6.07) is 10.3. The molecule has 1 heterocycles. The fourth-order valence-electron chi connectivity index (χ4n) is 1.61. The van der Waals surface area contributed by atoms with Crippen LogP contribution in [0, 0.1) is 0 Å². The van der Waals surface area contributed by atoms with Crippen molar-refractivity contribution >= 4 is 16.5 Å². The van der Waals surface area contributed by atoms with Crippen molar-refractivity contribution in [1.82, 2.24) is 10.2 Å². The molecule has 0 bridgehead atoms. The molecule has 1 aromatic carbocycles. The molecule has 5 heteroatoms. The number of hydrogen-bond acceptors (Lipinski definition) is 5. The zero-order valence-corrected chi connectivity index (χ0v) is 11.2. The van der Waals surface area contributed by atoms with E-state index in [2.05, 4.69) is 27.6 Å². The van der Waals surface area contributed by atoms with Crippen LogP contribution in [0.3, 0.4) is 0 Å². The second-order valence-corrected chi connectivity index (χ2v) is 5.16. The molecular formula is C13H17N3OS. The molecule has 0 amide bonds. The largest absolute Gasteiger partial charge is 0.394 e. The molecule has 4 nitrogen and oxygen atoms in total. The van der Waals surface area contributed by atoms with E-state index in [4.69, 9.17) is 5.11 Å². The molecule has 0 unspecified atom stereocenters. The number of hydrogen-bond donors (Lipinski definition) is 2. The molecule has 2 N–H and O–H groups in total. The van der Waals surface area contributed by atoms with E-state index in [1.807, 2.05) is 25.1 Å². The van der Waals surface area contributed by atoms with Gasteiger partial charge in [-0.25, -0.2) is 0 Å². The Morgan fingerprint density at radius 1 is 1.28 bits per heavy atom. The summed E-state index contributed by atoms with van der Waals surface area (Å²) in [6.45, 7) is 2.14. The van der Waals surface area contributed by atoms with Gasteiger partial charge in [-0.3, -0.25) is 0 Å². The van der Waals surface area contributed by atoms with Crippen LogP contribution < -0.4 is 5.32 Å². The van der Waals surface area contributed by atoms with Crippen molar-refractivity contribution in [1.29, 1.82) is 0 Å². The van der Waals surface area contributed by atoms with Crippen molar-refractivity contribution in [2.24, 2.45) is 0 Å². The fourth-order valence-corrected chi connectivity index (χ4v) is 2.46. The molecule has 0 saturated carbocycles. The van der Waals surface area contributed by atoms with E-state index in [1.165, 1.54) is 5.56 Å². The zero-order chi connectivity index (χ0) is 12.8. The van der Waals surface area contributed by atoms with Crippen molar-refractivity contribution < 1.29 is 5.11 Å². The lowest BCUT2D eigenvalue weighted by molar-refractivity contribution is 0.272. The van der Waals surface area contributed by atoms with Crippen LogP contribution in [0.1, 0.15) is 23.9 Å². The topological polar surface area (TPSA) is 58.0 Å². The highest BCUT2D eigenvalue weighted by molar-refractivity contribution is 7.15. The van der Waals surface area contributed by atoms with E-state index < -0.39 is 0 Å². The normalized spacial score (nSPS) is 12.3. The fraction of sp³-hybridized carbons (Fsp3) is 0.385. The van der Waals surface area contributed by atoms with Crippen molar-refractivity contribution in [3.8, 4) is 0 Å². The van der Waals surface area contributed by atoms with E-state index in [9.17, 15) is 0 Å². The van der Waals surface area contributed by atoms with Crippen LogP contribution >= 0.6 is 11.3 Å². The third-order valence-electron chi connectivity index (χ3n) is 2.71. The summed E-state index contributed by atoms with van der Waals surface area (Å²) < 4.78 is 0. The van der Waals surface area contributed by atoms with Crippen LogP contribution in [0.4, 0.5) is 5.13 Å². The highest BCUT2D eigenvalue weighted by Gasteiger charge is 2.09. The average Bonchev–Trinajstić information content (AvgIpc) is 2.84. The van der Waals surface area contributed by atoms with Gasteiger partial charge in [-0.2, -0.15) is 0 Å². The minimum Gasteiger partial charge on any atom is -0.394 e. The summed E-state index contributed by atoms with van der Waals surface area (Å²) in [4.78, 5) is 0. The molecule has 2 aromatic rings. The Morgan fingerprint density at radius 3 is 2.72 bits per heavy atom. The molecule has 0 radical (unpaired) electrons. The van der Waals surface area contributed by atoms with Crippen LogP contribution in [0.2, 0.25) is 0 Å². The average molecular weight is 263 g/mol. The molecule has 1 atom stereocenters. The summed E-state index contributed by atoms with van der Waals surface area (Å²) in [5.41, 5.74) is 1.23. The standard InChI is InChI=1S/C13H17N3OS/c1-2-11(9-17)14-13-16-15-12(18-13)8-10-6-4-3-5-7-10/h3-7,11,17H,2,8-9H2,1H3,(H,14,16)/t11-/m0/s1. The minimum atomic E-state index is 0.0579. The number of anilines is 1. The first kappa shape index (κ1) is 13.0. The number of aromatic nitrogens is 2. The van der Waals surface area contributed by atoms with Gasteiger partial charge in [0.2, 0.25) is 5.13 Å². The van der Waals surface area contributed by atoms with E-state index >= 15 is 0 Å². The SMILES string of the molecule is CC[C@@H](CO)Nc1nnc(Cc2ccccc2)s1. The highest BCUT2D eigenvalue weighted by atomic mass is 32.1. The van der Waals surface area contributed by atoms with Gasteiger partial charge >= 0.3 is 0 Å². The Hall–Kier alpha value is -1.46. The number of benzene rings is 1. The Balaban J connectivity index is 1.98. The molecule has 18 heavy (non-hydrogen) atoms. The monoisotopic (exact) mass is 263 g/mol. The summed E-state index contributed by atoms with van der Waals surface area (Å²) in [5, 5.41) is 22.3. The summed E-state index contributed by atoms with van der Waals surface area (Å²) in [5.74, 6) is 0. The molecule has 96 valence electrons. The van der Waals surface area contributed by atoms with Crippen LogP contribution in [0.25, 0.3) is 0 Å². The van der Waals surface area contributed by atoms with Gasteiger partial charge in [-0.1, -0.05) is 48.6 Å². The molecule has 0 saturated heterocycles. The predicted molar refractivity (Wildman–Crippen MR) is 73.9 cm³/mol. The Kier molecular flexibility index (Phi) is 4.66. The van der Waals surface area contributed by atoms with Crippen LogP contribution in [0.15, 0.2) is 30.3 Å².